The smallest absolute Gasteiger partial charge is 0.305 e. The molecule has 6 nitrogen and oxygen atoms in total. The maximum atomic E-state index is 13.0. The first kappa shape index (κ1) is 17.6. The van der Waals surface area contributed by atoms with Crippen LogP contribution < -0.4 is 4.72 Å². The highest BCUT2D eigenvalue weighted by atomic mass is 32.2. The van der Waals surface area contributed by atoms with Crippen LogP contribution in [0.3, 0.4) is 0 Å². The molecular formula is C16H13FN2O4S. The number of carboxylic acid groups (broad SMARTS) is 1. The van der Waals surface area contributed by atoms with Crippen LogP contribution in [0.4, 0.5) is 4.39 Å². The van der Waals surface area contributed by atoms with Crippen LogP contribution in [0.15, 0.2) is 53.4 Å². The number of nitrogens with zero attached hydrogens (tertiary/aromatic N) is 1. The topological polar surface area (TPSA) is 107 Å². The molecule has 0 heterocycles. The summed E-state index contributed by atoms with van der Waals surface area (Å²) in [5, 5.41) is 17.9. The third-order valence-corrected chi connectivity index (χ3v) is 4.69. The van der Waals surface area contributed by atoms with Crippen LogP contribution in [0.5, 0.6) is 0 Å². The average Bonchev–Trinajstić information content (AvgIpc) is 2.54. The normalized spacial score (nSPS) is 12.3. The van der Waals surface area contributed by atoms with E-state index in [2.05, 4.69) is 4.72 Å². The molecule has 0 aliphatic carbocycles. The Morgan fingerprint density at radius 3 is 2.50 bits per heavy atom. The van der Waals surface area contributed by atoms with Gasteiger partial charge in [0.1, 0.15) is 5.82 Å². The van der Waals surface area contributed by atoms with Crippen LogP contribution in [0, 0.1) is 17.1 Å². The Bertz CT molecular complexity index is 889. The van der Waals surface area contributed by atoms with Crippen molar-refractivity contribution in [2.45, 2.75) is 17.4 Å². The fourth-order valence-electron chi connectivity index (χ4n) is 2.09. The van der Waals surface area contributed by atoms with E-state index in [-0.39, 0.29) is 10.5 Å². The van der Waals surface area contributed by atoms with Crippen molar-refractivity contribution in [2.75, 3.05) is 0 Å². The molecule has 0 aromatic heterocycles. The van der Waals surface area contributed by atoms with E-state index >= 15 is 0 Å². The Balaban J connectivity index is 2.35. The molecule has 24 heavy (non-hydrogen) atoms. The highest BCUT2D eigenvalue weighted by Crippen LogP contribution is 2.21. The van der Waals surface area contributed by atoms with Gasteiger partial charge in [-0.2, -0.15) is 5.26 Å². The van der Waals surface area contributed by atoms with Gasteiger partial charge in [0.15, 0.2) is 0 Å². The van der Waals surface area contributed by atoms with Gasteiger partial charge in [-0.1, -0.05) is 18.2 Å². The van der Waals surface area contributed by atoms with Crippen molar-refractivity contribution in [3.8, 4) is 6.07 Å². The summed E-state index contributed by atoms with van der Waals surface area (Å²) in [5.41, 5.74) is 0.480. The minimum absolute atomic E-state index is 0.154. The largest absolute Gasteiger partial charge is 0.481 e. The molecule has 2 N–H and O–H groups in total. The number of nitriles is 1. The number of rotatable bonds is 6. The van der Waals surface area contributed by atoms with Gasteiger partial charge in [0, 0.05) is 0 Å². The van der Waals surface area contributed by atoms with E-state index in [0.29, 0.717) is 5.56 Å². The summed E-state index contributed by atoms with van der Waals surface area (Å²) < 4.78 is 40.2. The van der Waals surface area contributed by atoms with Crippen molar-refractivity contribution in [1.29, 1.82) is 5.26 Å². The van der Waals surface area contributed by atoms with E-state index in [1.54, 1.807) is 0 Å². The summed E-state index contributed by atoms with van der Waals surface area (Å²) in [5.74, 6) is -1.73. The molecule has 0 bridgehead atoms. The van der Waals surface area contributed by atoms with Gasteiger partial charge in [-0.05, 0) is 35.9 Å². The fraction of sp³-hybridized carbons (Fsp3) is 0.125. The molecule has 2 aromatic carbocycles. The number of nitrogens with one attached hydrogen (secondary N) is 1. The molecule has 0 unspecified atom stereocenters. The zero-order valence-corrected chi connectivity index (χ0v) is 13.1. The molecule has 2 aromatic rings. The summed E-state index contributed by atoms with van der Waals surface area (Å²) >= 11 is 0. The number of halogens is 1. The molecule has 0 saturated carbocycles. The Kier molecular flexibility index (Phi) is 5.28. The molecular weight excluding hydrogens is 335 g/mol. The van der Waals surface area contributed by atoms with E-state index < -0.39 is 34.3 Å². The molecule has 0 fully saturated rings. The summed E-state index contributed by atoms with van der Waals surface area (Å²) in [6.07, 6.45) is -0.511. The molecule has 0 saturated heterocycles. The van der Waals surface area contributed by atoms with Crippen molar-refractivity contribution in [3.63, 3.8) is 0 Å². The quantitative estimate of drug-likeness (QED) is 0.832. The average molecular weight is 348 g/mol. The predicted octanol–water partition coefficient (Wildman–Crippen LogP) is 2.19. The number of carbonyl (C=O) groups is 1. The van der Waals surface area contributed by atoms with E-state index in [1.165, 1.54) is 36.4 Å². The molecule has 0 aliphatic rings. The van der Waals surface area contributed by atoms with Crippen molar-refractivity contribution < 1.29 is 22.7 Å². The van der Waals surface area contributed by atoms with E-state index in [4.69, 9.17) is 10.4 Å². The van der Waals surface area contributed by atoms with Crippen molar-refractivity contribution in [2.24, 2.45) is 0 Å². The Labute approximate surface area is 138 Å². The first-order valence-corrected chi connectivity index (χ1v) is 8.30. The van der Waals surface area contributed by atoms with Crippen LogP contribution in [-0.2, 0) is 14.8 Å². The van der Waals surface area contributed by atoms with Gasteiger partial charge < -0.3 is 5.11 Å². The van der Waals surface area contributed by atoms with E-state index in [1.807, 2.05) is 6.07 Å². The minimum atomic E-state index is -4.05. The lowest BCUT2D eigenvalue weighted by Gasteiger charge is -2.17. The Morgan fingerprint density at radius 1 is 1.25 bits per heavy atom. The fourth-order valence-corrected chi connectivity index (χ4v) is 3.36. The monoisotopic (exact) mass is 348 g/mol. The van der Waals surface area contributed by atoms with Crippen LogP contribution in [0.25, 0.3) is 0 Å². The van der Waals surface area contributed by atoms with Crippen LogP contribution in [0.1, 0.15) is 23.6 Å². The van der Waals surface area contributed by atoms with E-state index in [0.717, 1.165) is 12.1 Å². The summed E-state index contributed by atoms with van der Waals surface area (Å²) in [7, 11) is -4.05. The number of carboxylic acids is 1. The van der Waals surface area contributed by atoms with Crippen LogP contribution >= 0.6 is 0 Å². The second-order valence-electron chi connectivity index (χ2n) is 4.96. The second-order valence-corrected chi connectivity index (χ2v) is 6.68. The molecule has 124 valence electrons. The lowest BCUT2D eigenvalue weighted by atomic mass is 10.1. The standard InChI is InChI=1S/C16H13FN2O4S/c17-13-6-4-12(5-7-13)15(9-16(20)21)19-24(22,23)14-3-1-2-11(8-14)10-18/h1-8,15,19H,9H2,(H,20,21)/t15-/m1/s1. The maximum absolute atomic E-state index is 13.0. The van der Waals surface area contributed by atoms with Crippen molar-refractivity contribution in [3.05, 3.63) is 65.5 Å². The van der Waals surface area contributed by atoms with Gasteiger partial charge in [-0.15, -0.1) is 0 Å². The molecule has 2 rings (SSSR count). The third kappa shape index (κ3) is 4.38. The van der Waals surface area contributed by atoms with Crippen molar-refractivity contribution >= 4 is 16.0 Å². The number of hydrogen-bond acceptors (Lipinski definition) is 4. The van der Waals surface area contributed by atoms with Gasteiger partial charge in [0.05, 0.1) is 29.0 Å². The lowest BCUT2D eigenvalue weighted by molar-refractivity contribution is -0.137. The summed E-state index contributed by atoms with van der Waals surface area (Å²) in [4.78, 5) is 10.9. The predicted molar refractivity (Wildman–Crippen MR) is 82.9 cm³/mol. The minimum Gasteiger partial charge on any atom is -0.481 e. The molecule has 0 radical (unpaired) electrons. The van der Waals surface area contributed by atoms with Gasteiger partial charge in [-0.25, -0.2) is 17.5 Å². The van der Waals surface area contributed by atoms with Gasteiger partial charge in [0.2, 0.25) is 10.0 Å². The molecule has 1 atom stereocenters. The Hall–Kier alpha value is -2.76. The zero-order chi connectivity index (χ0) is 17.7. The van der Waals surface area contributed by atoms with E-state index in [9.17, 15) is 17.6 Å². The summed E-state index contributed by atoms with van der Waals surface area (Å²) in [6.45, 7) is 0. The first-order valence-electron chi connectivity index (χ1n) is 6.81. The number of aliphatic carboxylic acids is 1. The Morgan fingerprint density at radius 2 is 1.92 bits per heavy atom. The molecule has 0 amide bonds. The summed E-state index contributed by atoms with van der Waals surface area (Å²) in [6, 6.07) is 11.0. The molecule has 0 spiro atoms. The van der Waals surface area contributed by atoms with Gasteiger partial charge in [0.25, 0.3) is 0 Å². The lowest BCUT2D eigenvalue weighted by Crippen LogP contribution is -2.30. The maximum Gasteiger partial charge on any atom is 0.305 e. The zero-order valence-electron chi connectivity index (χ0n) is 12.3. The van der Waals surface area contributed by atoms with Crippen molar-refractivity contribution in [1.82, 2.24) is 4.72 Å². The van der Waals surface area contributed by atoms with Gasteiger partial charge >= 0.3 is 5.97 Å². The molecule has 8 heteroatoms. The van der Waals surface area contributed by atoms with Crippen LogP contribution in [0.2, 0.25) is 0 Å². The van der Waals surface area contributed by atoms with Crippen LogP contribution in [-0.4, -0.2) is 19.5 Å². The first-order chi connectivity index (χ1) is 11.3. The number of benzene rings is 2. The number of sulfonamides is 1. The highest BCUT2D eigenvalue weighted by molar-refractivity contribution is 7.89. The highest BCUT2D eigenvalue weighted by Gasteiger charge is 2.24. The van der Waals surface area contributed by atoms with Gasteiger partial charge in [-0.3, -0.25) is 4.79 Å². The number of hydrogen-bond donors (Lipinski definition) is 2. The third-order valence-electron chi connectivity index (χ3n) is 3.22. The molecule has 0 aliphatic heterocycles. The second kappa shape index (κ2) is 7.21. The SMILES string of the molecule is N#Cc1cccc(S(=O)(=O)N[C@H](CC(=O)O)c2ccc(F)cc2)c1.